The Labute approximate surface area is 153 Å². The Morgan fingerprint density at radius 1 is 1.08 bits per heavy atom. The zero-order chi connectivity index (χ0) is 17.9. The van der Waals surface area contributed by atoms with Crippen LogP contribution in [0.5, 0.6) is 5.75 Å². The molecule has 1 N–H and O–H groups in total. The van der Waals surface area contributed by atoms with Gasteiger partial charge >= 0.3 is 0 Å². The number of carbonyl (C=O) groups excluding carboxylic acids is 1. The summed E-state index contributed by atoms with van der Waals surface area (Å²) in [5.74, 6) is 1.11. The molecule has 134 valence electrons. The van der Waals surface area contributed by atoms with Gasteiger partial charge in [-0.25, -0.2) is 0 Å². The summed E-state index contributed by atoms with van der Waals surface area (Å²) in [6.07, 6.45) is 3.58. The predicted molar refractivity (Wildman–Crippen MR) is 104 cm³/mol. The van der Waals surface area contributed by atoms with Gasteiger partial charge in [0.15, 0.2) is 0 Å². The SMILES string of the molecule is COc1ccc(-c2[nH]c3ccccc3c2CCC(=O)N2CCCC2)cc1. The van der Waals surface area contributed by atoms with E-state index in [1.807, 2.05) is 23.1 Å². The molecule has 1 fully saturated rings. The largest absolute Gasteiger partial charge is 0.497 e. The van der Waals surface area contributed by atoms with E-state index in [4.69, 9.17) is 4.74 Å². The third-order valence-corrected chi connectivity index (χ3v) is 5.24. The highest BCUT2D eigenvalue weighted by atomic mass is 16.5. The molecular weight excluding hydrogens is 324 g/mol. The van der Waals surface area contributed by atoms with Crippen molar-refractivity contribution in [2.75, 3.05) is 20.2 Å². The second-order valence-electron chi connectivity index (χ2n) is 6.84. The molecule has 0 bridgehead atoms. The van der Waals surface area contributed by atoms with E-state index in [9.17, 15) is 4.79 Å². The summed E-state index contributed by atoms with van der Waals surface area (Å²) in [6.45, 7) is 1.83. The minimum absolute atomic E-state index is 0.272. The van der Waals surface area contributed by atoms with Gasteiger partial charge in [0, 0.05) is 36.1 Å². The Balaban J connectivity index is 1.65. The van der Waals surface area contributed by atoms with Gasteiger partial charge < -0.3 is 14.6 Å². The first-order valence-corrected chi connectivity index (χ1v) is 9.28. The lowest BCUT2D eigenvalue weighted by Crippen LogP contribution is -2.27. The molecule has 0 spiro atoms. The van der Waals surface area contributed by atoms with Crippen molar-refractivity contribution in [1.29, 1.82) is 0 Å². The van der Waals surface area contributed by atoms with Crippen LogP contribution in [0.25, 0.3) is 22.2 Å². The first-order valence-electron chi connectivity index (χ1n) is 9.28. The lowest BCUT2D eigenvalue weighted by atomic mass is 10.0. The minimum Gasteiger partial charge on any atom is -0.497 e. The van der Waals surface area contributed by atoms with Crippen molar-refractivity contribution in [2.45, 2.75) is 25.7 Å². The number of aryl methyl sites for hydroxylation is 1. The molecule has 4 nitrogen and oxygen atoms in total. The number of hydrogen-bond acceptors (Lipinski definition) is 2. The van der Waals surface area contributed by atoms with Crippen LogP contribution in [0.3, 0.4) is 0 Å². The molecular formula is C22H24N2O2. The van der Waals surface area contributed by atoms with Crippen molar-refractivity contribution < 1.29 is 9.53 Å². The molecule has 2 aromatic carbocycles. The molecule has 1 aliphatic heterocycles. The number of fused-ring (bicyclic) bond motifs is 1. The van der Waals surface area contributed by atoms with Gasteiger partial charge in [-0.05, 0) is 60.7 Å². The maximum atomic E-state index is 12.5. The third kappa shape index (κ3) is 3.19. The van der Waals surface area contributed by atoms with Gasteiger partial charge in [-0.15, -0.1) is 0 Å². The molecule has 3 aromatic rings. The lowest BCUT2D eigenvalue weighted by Gasteiger charge is -2.15. The number of aromatic nitrogens is 1. The molecule has 0 aliphatic carbocycles. The topological polar surface area (TPSA) is 45.3 Å². The number of methoxy groups -OCH3 is 1. The van der Waals surface area contributed by atoms with Crippen LogP contribution in [0.4, 0.5) is 0 Å². The number of aromatic amines is 1. The third-order valence-electron chi connectivity index (χ3n) is 5.24. The summed E-state index contributed by atoms with van der Waals surface area (Å²) < 4.78 is 5.27. The molecule has 4 heteroatoms. The van der Waals surface area contributed by atoms with E-state index in [1.54, 1.807) is 7.11 Å². The lowest BCUT2D eigenvalue weighted by molar-refractivity contribution is -0.130. The number of nitrogens with one attached hydrogen (secondary N) is 1. The van der Waals surface area contributed by atoms with E-state index in [1.165, 1.54) is 10.9 Å². The number of ether oxygens (including phenoxy) is 1. The fourth-order valence-corrected chi connectivity index (χ4v) is 3.82. The van der Waals surface area contributed by atoms with Gasteiger partial charge in [-0.1, -0.05) is 18.2 Å². The molecule has 0 radical (unpaired) electrons. The second kappa shape index (κ2) is 7.24. The molecule has 26 heavy (non-hydrogen) atoms. The highest BCUT2D eigenvalue weighted by molar-refractivity contribution is 5.91. The number of H-pyrrole nitrogens is 1. The average Bonchev–Trinajstić information content (AvgIpc) is 3.34. The molecule has 0 saturated carbocycles. The summed E-state index contributed by atoms with van der Waals surface area (Å²) in [6, 6.07) is 16.4. The van der Waals surface area contributed by atoms with Gasteiger partial charge in [-0.3, -0.25) is 4.79 Å². The van der Waals surface area contributed by atoms with Gasteiger partial charge in [0.1, 0.15) is 5.75 Å². The Morgan fingerprint density at radius 3 is 2.54 bits per heavy atom. The summed E-state index contributed by atoms with van der Waals surface area (Å²) in [5.41, 5.74) is 4.55. The van der Waals surface area contributed by atoms with Gasteiger partial charge in [-0.2, -0.15) is 0 Å². The van der Waals surface area contributed by atoms with Crippen molar-refractivity contribution >= 4 is 16.8 Å². The molecule has 0 atom stereocenters. The number of amides is 1. The fraction of sp³-hybridized carbons (Fsp3) is 0.318. The smallest absolute Gasteiger partial charge is 0.222 e. The molecule has 1 saturated heterocycles. The van der Waals surface area contributed by atoms with Crippen LogP contribution in [-0.2, 0) is 11.2 Å². The summed E-state index contributed by atoms with van der Waals surface area (Å²) in [5, 5.41) is 1.20. The van der Waals surface area contributed by atoms with E-state index in [0.717, 1.165) is 54.9 Å². The van der Waals surface area contributed by atoms with Crippen LogP contribution < -0.4 is 4.74 Å². The fourth-order valence-electron chi connectivity index (χ4n) is 3.82. The predicted octanol–water partition coefficient (Wildman–Crippen LogP) is 4.40. The number of nitrogens with zero attached hydrogens (tertiary/aromatic N) is 1. The van der Waals surface area contributed by atoms with Gasteiger partial charge in [0.25, 0.3) is 0 Å². The molecule has 1 aliphatic rings. The van der Waals surface area contributed by atoms with Crippen LogP contribution in [0.2, 0.25) is 0 Å². The average molecular weight is 348 g/mol. The zero-order valence-corrected chi connectivity index (χ0v) is 15.1. The molecule has 1 aromatic heterocycles. The minimum atomic E-state index is 0.272. The van der Waals surface area contributed by atoms with E-state index in [2.05, 4.69) is 35.3 Å². The Hall–Kier alpha value is -2.75. The summed E-state index contributed by atoms with van der Waals surface area (Å²) in [4.78, 5) is 18.1. The van der Waals surface area contributed by atoms with Crippen molar-refractivity contribution in [3.63, 3.8) is 0 Å². The highest BCUT2D eigenvalue weighted by Gasteiger charge is 2.19. The Morgan fingerprint density at radius 2 is 1.81 bits per heavy atom. The van der Waals surface area contributed by atoms with E-state index in [-0.39, 0.29) is 5.91 Å². The van der Waals surface area contributed by atoms with E-state index in [0.29, 0.717) is 6.42 Å². The maximum Gasteiger partial charge on any atom is 0.222 e. The standard InChI is InChI=1S/C22H24N2O2/c1-26-17-10-8-16(9-11-17)22-19(18-6-2-3-7-20(18)23-22)12-13-21(25)24-14-4-5-15-24/h2-3,6-11,23H,4-5,12-15H2,1H3. The number of para-hydroxylation sites is 1. The zero-order valence-electron chi connectivity index (χ0n) is 15.1. The van der Waals surface area contributed by atoms with Crippen LogP contribution in [-0.4, -0.2) is 36.0 Å². The van der Waals surface area contributed by atoms with Crippen molar-refractivity contribution in [3.05, 3.63) is 54.1 Å². The molecule has 0 unspecified atom stereocenters. The van der Waals surface area contributed by atoms with Crippen molar-refractivity contribution in [3.8, 4) is 17.0 Å². The first-order chi connectivity index (χ1) is 12.8. The number of carbonyl (C=O) groups is 1. The van der Waals surface area contributed by atoms with Crippen LogP contribution in [0.1, 0.15) is 24.8 Å². The quantitative estimate of drug-likeness (QED) is 0.743. The Kier molecular flexibility index (Phi) is 4.65. The van der Waals surface area contributed by atoms with Crippen LogP contribution in [0.15, 0.2) is 48.5 Å². The number of rotatable bonds is 5. The number of likely N-dealkylation sites (tertiary alicyclic amines) is 1. The van der Waals surface area contributed by atoms with E-state index < -0.39 is 0 Å². The molecule has 2 heterocycles. The number of benzene rings is 2. The van der Waals surface area contributed by atoms with Crippen LogP contribution >= 0.6 is 0 Å². The normalized spacial score (nSPS) is 14.1. The highest BCUT2D eigenvalue weighted by Crippen LogP contribution is 2.32. The van der Waals surface area contributed by atoms with Crippen molar-refractivity contribution in [1.82, 2.24) is 9.88 Å². The monoisotopic (exact) mass is 348 g/mol. The summed E-state index contributed by atoms with van der Waals surface area (Å²) >= 11 is 0. The first kappa shape index (κ1) is 16.7. The van der Waals surface area contributed by atoms with E-state index >= 15 is 0 Å². The molecule has 4 rings (SSSR count). The second-order valence-corrected chi connectivity index (χ2v) is 6.84. The number of hydrogen-bond donors (Lipinski definition) is 1. The Bertz CT molecular complexity index is 906. The molecule has 1 amide bonds. The maximum absolute atomic E-state index is 12.5. The van der Waals surface area contributed by atoms with Gasteiger partial charge in [0.2, 0.25) is 5.91 Å². The summed E-state index contributed by atoms with van der Waals surface area (Å²) in [7, 11) is 1.67. The van der Waals surface area contributed by atoms with Crippen molar-refractivity contribution in [2.24, 2.45) is 0 Å². The van der Waals surface area contributed by atoms with Crippen LogP contribution in [0, 0.1) is 0 Å². The van der Waals surface area contributed by atoms with Gasteiger partial charge in [0.05, 0.1) is 7.11 Å².